The number of hydrogen-bond donors (Lipinski definition) is 2. The van der Waals surface area contributed by atoms with Crippen LogP contribution in [0.25, 0.3) is 11.3 Å². The van der Waals surface area contributed by atoms with Crippen LogP contribution in [0, 0.1) is 24.2 Å². The van der Waals surface area contributed by atoms with Crippen molar-refractivity contribution in [3.8, 4) is 17.4 Å². The molecule has 2 N–H and O–H groups in total. The van der Waals surface area contributed by atoms with E-state index in [0.29, 0.717) is 48.5 Å². The van der Waals surface area contributed by atoms with Gasteiger partial charge >= 0.3 is 0 Å². The first-order valence-electron chi connectivity index (χ1n) is 15.3. The van der Waals surface area contributed by atoms with Crippen molar-refractivity contribution < 1.29 is 27.2 Å². The number of aromatic nitrogens is 3. The van der Waals surface area contributed by atoms with Crippen molar-refractivity contribution in [1.29, 1.82) is 5.26 Å². The second-order valence-corrected chi connectivity index (χ2v) is 14.1. The Hall–Kier alpha value is -4.38. The molecule has 1 fully saturated rings. The lowest BCUT2D eigenvalue weighted by molar-refractivity contribution is 0.0228. The van der Waals surface area contributed by atoms with Gasteiger partial charge in [0.05, 0.1) is 0 Å². The number of carbonyl (C=O) groups is 1. The van der Waals surface area contributed by atoms with Crippen LogP contribution < -0.4 is 5.32 Å². The molecule has 2 aliphatic heterocycles. The number of hydrogen-bond acceptors (Lipinski definition) is 8. The minimum atomic E-state index is -4.14. The first-order valence-corrected chi connectivity index (χ1v) is 16.7. The molecule has 3 unspecified atom stereocenters. The first kappa shape index (κ1) is 31.6. The van der Waals surface area contributed by atoms with Crippen LogP contribution >= 0.6 is 0 Å². The molecule has 3 aromatic heterocycles. The summed E-state index contributed by atoms with van der Waals surface area (Å²) in [6, 6.07) is 14.2. The van der Waals surface area contributed by atoms with E-state index in [4.69, 9.17) is 4.52 Å². The monoisotopic (exact) mass is 646 g/mol. The smallest absolute Gasteiger partial charge is 0.272 e. The zero-order valence-corrected chi connectivity index (χ0v) is 26.6. The number of carbonyl (C=O) groups excluding carboxylic acids is 1. The summed E-state index contributed by atoms with van der Waals surface area (Å²) >= 11 is 0. The molecule has 5 heterocycles. The summed E-state index contributed by atoms with van der Waals surface area (Å²) in [6.45, 7) is 5.53. The fourth-order valence-corrected chi connectivity index (χ4v) is 9.26. The van der Waals surface area contributed by atoms with Gasteiger partial charge in [-0.3, -0.25) is 4.79 Å². The molecule has 240 valence electrons. The lowest BCUT2D eigenvalue weighted by Gasteiger charge is -2.32. The third-order valence-corrected chi connectivity index (χ3v) is 11.3. The Bertz CT molecular complexity index is 1950. The van der Waals surface area contributed by atoms with Gasteiger partial charge in [-0.2, -0.15) is 14.0 Å². The fraction of sp³-hybridized carbons (Fsp3) is 0.394. The summed E-state index contributed by atoms with van der Waals surface area (Å²) in [4.78, 5) is 17.2. The van der Waals surface area contributed by atoms with Gasteiger partial charge in [0.15, 0.2) is 5.76 Å². The van der Waals surface area contributed by atoms with E-state index in [9.17, 15) is 28.0 Å². The SMILES string of the molecule is Cc1c(S(=O)(=O)N2C(C)CCC2CC(C)(O)c2cc(-c3ccccc3)on2)c2n(c1C(=O)Nc1cc(F)nc(C#N)c1)CCCC2. The van der Waals surface area contributed by atoms with Gasteiger partial charge in [-0.1, -0.05) is 35.5 Å². The van der Waals surface area contributed by atoms with Crippen LogP contribution in [-0.2, 0) is 28.6 Å². The van der Waals surface area contributed by atoms with Gasteiger partial charge < -0.3 is 19.5 Å². The predicted molar refractivity (Wildman–Crippen MR) is 167 cm³/mol. The summed E-state index contributed by atoms with van der Waals surface area (Å²) in [5, 5.41) is 27.5. The van der Waals surface area contributed by atoms with Gasteiger partial charge in [-0.15, -0.1) is 0 Å². The van der Waals surface area contributed by atoms with E-state index in [1.54, 1.807) is 30.6 Å². The zero-order valence-electron chi connectivity index (χ0n) is 25.8. The van der Waals surface area contributed by atoms with E-state index in [1.165, 1.54) is 10.4 Å². The standard InChI is InChI=1S/C33H35FN6O5S/c1-20-12-13-25(18-33(3,42)28-17-27(45-38-28)22-9-5-4-6-10-22)40(20)46(43,44)31-21(2)30(39-14-8-7-11-26(31)39)32(41)37-23-15-24(19-35)36-29(34)16-23/h4-6,9-10,15-17,20,25,42H,7-8,11-14,18H2,1-3H3,(H,36,37,41). The molecule has 1 aromatic carbocycles. The topological polar surface area (TPSA) is 154 Å². The third kappa shape index (κ3) is 5.72. The number of fused-ring (bicyclic) bond motifs is 1. The molecular weight excluding hydrogens is 611 g/mol. The number of nitrogens with zero attached hydrogens (tertiary/aromatic N) is 5. The maximum atomic E-state index is 14.7. The highest BCUT2D eigenvalue weighted by Gasteiger charge is 2.46. The normalized spacial score (nSPS) is 19.7. The summed E-state index contributed by atoms with van der Waals surface area (Å²) in [5.74, 6) is -1.02. The molecule has 0 spiro atoms. The largest absolute Gasteiger partial charge is 0.384 e. The highest BCUT2D eigenvalue weighted by Crippen LogP contribution is 2.41. The molecular formula is C33H35FN6O5S. The predicted octanol–water partition coefficient (Wildman–Crippen LogP) is 5.29. The average Bonchev–Trinajstić information content (AvgIpc) is 3.73. The van der Waals surface area contributed by atoms with Gasteiger partial charge in [-0.25, -0.2) is 13.4 Å². The summed E-state index contributed by atoms with van der Waals surface area (Å²) in [6.07, 6.45) is 3.23. The Kier molecular flexibility index (Phi) is 8.30. The molecule has 13 heteroatoms. The quantitative estimate of drug-likeness (QED) is 0.245. The van der Waals surface area contributed by atoms with Crippen molar-refractivity contribution in [3.05, 3.63) is 82.8 Å². The molecule has 1 saturated heterocycles. The van der Waals surface area contributed by atoms with Gasteiger partial charge in [0.25, 0.3) is 5.91 Å². The van der Waals surface area contributed by atoms with Crippen molar-refractivity contribution in [1.82, 2.24) is 19.0 Å². The first-order chi connectivity index (χ1) is 21.9. The van der Waals surface area contributed by atoms with Crippen molar-refractivity contribution in [3.63, 3.8) is 0 Å². The Morgan fingerprint density at radius 1 is 1.22 bits per heavy atom. The van der Waals surface area contributed by atoms with Crippen LogP contribution in [0.5, 0.6) is 0 Å². The Balaban J connectivity index is 1.33. The number of pyridine rings is 1. The molecule has 0 saturated carbocycles. The number of halogens is 1. The maximum Gasteiger partial charge on any atom is 0.272 e. The molecule has 11 nitrogen and oxygen atoms in total. The molecule has 4 aromatic rings. The van der Waals surface area contributed by atoms with Crippen LogP contribution in [0.1, 0.15) is 79.1 Å². The van der Waals surface area contributed by atoms with E-state index >= 15 is 0 Å². The van der Waals surface area contributed by atoms with E-state index in [2.05, 4.69) is 15.5 Å². The number of nitrogens with one attached hydrogen (secondary N) is 1. The minimum absolute atomic E-state index is 0.0444. The number of amides is 1. The maximum absolute atomic E-state index is 14.7. The number of anilines is 1. The third-order valence-electron chi connectivity index (χ3n) is 8.98. The Morgan fingerprint density at radius 3 is 2.72 bits per heavy atom. The second kappa shape index (κ2) is 12.1. The van der Waals surface area contributed by atoms with Gasteiger partial charge in [0, 0.05) is 53.3 Å². The summed E-state index contributed by atoms with van der Waals surface area (Å²) < 4.78 is 52.1. The molecule has 2 aliphatic rings. The summed E-state index contributed by atoms with van der Waals surface area (Å²) in [7, 11) is -4.14. The van der Waals surface area contributed by atoms with Crippen LogP contribution in [0.15, 0.2) is 57.9 Å². The number of rotatable bonds is 8. The van der Waals surface area contributed by atoms with Crippen molar-refractivity contribution in [2.45, 2.75) is 88.4 Å². The molecule has 46 heavy (non-hydrogen) atoms. The molecule has 6 rings (SSSR count). The molecule has 3 atom stereocenters. The number of benzene rings is 1. The lowest BCUT2D eigenvalue weighted by Crippen LogP contribution is -2.43. The van der Waals surface area contributed by atoms with Crippen LogP contribution in [0.2, 0.25) is 0 Å². The molecule has 1 amide bonds. The number of aliphatic hydroxyl groups is 1. The fourth-order valence-electron chi connectivity index (χ4n) is 6.90. The van der Waals surface area contributed by atoms with Crippen molar-refractivity contribution in [2.24, 2.45) is 0 Å². The lowest BCUT2D eigenvalue weighted by atomic mass is 9.92. The molecule has 0 aliphatic carbocycles. The van der Waals surface area contributed by atoms with Gasteiger partial charge in [0.1, 0.15) is 33.6 Å². The van der Waals surface area contributed by atoms with E-state index in [-0.39, 0.29) is 34.4 Å². The minimum Gasteiger partial charge on any atom is -0.384 e. The zero-order chi connectivity index (χ0) is 32.8. The van der Waals surface area contributed by atoms with Crippen LogP contribution in [0.3, 0.4) is 0 Å². The van der Waals surface area contributed by atoms with Crippen molar-refractivity contribution in [2.75, 3.05) is 5.32 Å². The van der Waals surface area contributed by atoms with Gasteiger partial charge in [0.2, 0.25) is 16.0 Å². The van der Waals surface area contributed by atoms with E-state index in [1.807, 2.05) is 37.3 Å². The summed E-state index contributed by atoms with van der Waals surface area (Å²) in [5.41, 5.74) is 0.522. The average molecular weight is 647 g/mol. The van der Waals surface area contributed by atoms with Crippen LogP contribution in [0.4, 0.5) is 10.1 Å². The van der Waals surface area contributed by atoms with E-state index < -0.39 is 33.5 Å². The molecule has 0 bridgehead atoms. The van der Waals surface area contributed by atoms with Crippen LogP contribution in [-0.4, -0.2) is 50.5 Å². The highest BCUT2D eigenvalue weighted by atomic mass is 32.2. The Labute approximate surface area is 266 Å². The molecule has 0 radical (unpaired) electrons. The van der Waals surface area contributed by atoms with Crippen molar-refractivity contribution >= 4 is 21.6 Å². The van der Waals surface area contributed by atoms with Gasteiger partial charge in [-0.05, 0) is 65.4 Å². The number of sulfonamides is 1. The Morgan fingerprint density at radius 2 is 1.98 bits per heavy atom. The second-order valence-electron chi connectivity index (χ2n) is 12.3. The van der Waals surface area contributed by atoms with E-state index in [0.717, 1.165) is 24.5 Å². The highest BCUT2D eigenvalue weighted by molar-refractivity contribution is 7.89. The number of nitriles is 1.